The van der Waals surface area contributed by atoms with Crippen molar-refractivity contribution in [1.82, 2.24) is 4.90 Å². The molecule has 0 spiro atoms. The molecule has 1 aliphatic carbocycles. The minimum atomic E-state index is -0.333. The summed E-state index contributed by atoms with van der Waals surface area (Å²) in [5.74, 6) is 0. The SMILES string of the molecule is COC1CCC(N(C)C(N)=O)CC1. The van der Waals surface area contributed by atoms with Crippen molar-refractivity contribution in [3.8, 4) is 0 Å². The Morgan fingerprint density at radius 2 is 1.92 bits per heavy atom. The smallest absolute Gasteiger partial charge is 0.314 e. The Balaban J connectivity index is 2.36. The van der Waals surface area contributed by atoms with E-state index in [1.807, 2.05) is 0 Å². The van der Waals surface area contributed by atoms with E-state index >= 15 is 0 Å². The standard InChI is InChI=1S/C9H18N2O2/c1-11(9(10)12)7-3-5-8(13-2)6-4-7/h7-8H,3-6H2,1-2H3,(H2,10,12). The predicted molar refractivity (Wildman–Crippen MR) is 50.4 cm³/mol. The van der Waals surface area contributed by atoms with Crippen LogP contribution in [-0.4, -0.2) is 37.2 Å². The van der Waals surface area contributed by atoms with E-state index in [9.17, 15) is 4.79 Å². The molecule has 0 aromatic rings. The highest BCUT2D eigenvalue weighted by Crippen LogP contribution is 2.23. The molecule has 1 saturated carbocycles. The van der Waals surface area contributed by atoms with Gasteiger partial charge in [0.1, 0.15) is 0 Å². The van der Waals surface area contributed by atoms with Crippen LogP contribution in [0.4, 0.5) is 4.79 Å². The molecule has 0 unspecified atom stereocenters. The highest BCUT2D eigenvalue weighted by molar-refractivity contribution is 5.71. The van der Waals surface area contributed by atoms with Crippen molar-refractivity contribution in [2.24, 2.45) is 5.73 Å². The average Bonchev–Trinajstić information content (AvgIpc) is 2.17. The zero-order chi connectivity index (χ0) is 9.84. The minimum Gasteiger partial charge on any atom is -0.381 e. The van der Waals surface area contributed by atoms with E-state index in [1.165, 1.54) is 0 Å². The molecule has 2 N–H and O–H groups in total. The second kappa shape index (κ2) is 4.46. The van der Waals surface area contributed by atoms with Crippen LogP contribution in [0.2, 0.25) is 0 Å². The van der Waals surface area contributed by atoms with Gasteiger partial charge in [-0.05, 0) is 25.7 Å². The number of hydrogen-bond donors (Lipinski definition) is 1. The van der Waals surface area contributed by atoms with Gasteiger partial charge in [-0.1, -0.05) is 0 Å². The maximum Gasteiger partial charge on any atom is 0.314 e. The maximum atomic E-state index is 10.9. The lowest BCUT2D eigenvalue weighted by Gasteiger charge is -2.33. The number of ether oxygens (including phenoxy) is 1. The lowest BCUT2D eigenvalue weighted by atomic mass is 9.92. The maximum absolute atomic E-state index is 10.9. The zero-order valence-electron chi connectivity index (χ0n) is 8.32. The minimum absolute atomic E-state index is 0.309. The molecule has 76 valence electrons. The number of nitrogens with zero attached hydrogens (tertiary/aromatic N) is 1. The quantitative estimate of drug-likeness (QED) is 0.698. The summed E-state index contributed by atoms with van der Waals surface area (Å²) in [6.07, 6.45) is 4.42. The van der Waals surface area contributed by atoms with Crippen LogP contribution in [-0.2, 0) is 4.74 Å². The number of carbonyl (C=O) groups is 1. The third-order valence-electron chi connectivity index (χ3n) is 2.87. The number of nitrogens with two attached hydrogens (primary N) is 1. The monoisotopic (exact) mass is 186 g/mol. The van der Waals surface area contributed by atoms with Crippen LogP contribution in [0.25, 0.3) is 0 Å². The second-order valence-corrected chi connectivity index (χ2v) is 3.62. The van der Waals surface area contributed by atoms with Crippen LogP contribution in [0.3, 0.4) is 0 Å². The van der Waals surface area contributed by atoms with E-state index in [-0.39, 0.29) is 6.03 Å². The van der Waals surface area contributed by atoms with Crippen molar-refractivity contribution >= 4 is 6.03 Å². The molecular formula is C9H18N2O2. The van der Waals surface area contributed by atoms with Gasteiger partial charge in [-0.2, -0.15) is 0 Å². The Morgan fingerprint density at radius 1 is 1.38 bits per heavy atom. The van der Waals surface area contributed by atoms with Crippen LogP contribution >= 0.6 is 0 Å². The van der Waals surface area contributed by atoms with Gasteiger partial charge in [0.2, 0.25) is 0 Å². The van der Waals surface area contributed by atoms with E-state index in [1.54, 1.807) is 19.1 Å². The number of rotatable bonds is 2. The summed E-state index contributed by atoms with van der Waals surface area (Å²) in [5.41, 5.74) is 5.19. The Kier molecular flexibility index (Phi) is 3.54. The molecule has 0 aliphatic heterocycles. The molecule has 2 amide bonds. The molecule has 0 radical (unpaired) electrons. The summed E-state index contributed by atoms with van der Waals surface area (Å²) < 4.78 is 5.24. The predicted octanol–water partition coefficient (Wildman–Crippen LogP) is 0.955. The number of hydrogen-bond acceptors (Lipinski definition) is 2. The number of methoxy groups -OCH3 is 1. The second-order valence-electron chi connectivity index (χ2n) is 3.62. The Labute approximate surface area is 79.0 Å². The Hall–Kier alpha value is -0.770. The summed E-state index contributed by atoms with van der Waals surface area (Å²) in [6, 6.07) is -0.0234. The number of carbonyl (C=O) groups excluding carboxylic acids is 1. The van der Waals surface area contributed by atoms with Crippen LogP contribution in [0, 0.1) is 0 Å². The molecule has 4 heteroatoms. The molecule has 0 atom stereocenters. The first-order chi connectivity index (χ1) is 6.15. The van der Waals surface area contributed by atoms with E-state index in [2.05, 4.69) is 0 Å². The summed E-state index contributed by atoms with van der Waals surface area (Å²) in [6.45, 7) is 0. The first-order valence-electron chi connectivity index (χ1n) is 4.70. The average molecular weight is 186 g/mol. The van der Waals surface area contributed by atoms with E-state index in [0.29, 0.717) is 12.1 Å². The number of amides is 2. The summed E-state index contributed by atoms with van der Waals surface area (Å²) in [7, 11) is 3.50. The summed E-state index contributed by atoms with van der Waals surface area (Å²) in [4.78, 5) is 12.5. The number of primary amides is 1. The van der Waals surface area contributed by atoms with Crippen molar-refractivity contribution in [2.45, 2.75) is 37.8 Å². The van der Waals surface area contributed by atoms with Crippen molar-refractivity contribution in [3.05, 3.63) is 0 Å². The summed E-state index contributed by atoms with van der Waals surface area (Å²) in [5, 5.41) is 0. The lowest BCUT2D eigenvalue weighted by Crippen LogP contribution is -2.43. The van der Waals surface area contributed by atoms with Crippen LogP contribution in [0.15, 0.2) is 0 Å². The van der Waals surface area contributed by atoms with Gasteiger partial charge in [0.05, 0.1) is 6.10 Å². The van der Waals surface area contributed by atoms with Gasteiger partial charge >= 0.3 is 6.03 Å². The number of urea groups is 1. The molecule has 0 saturated heterocycles. The van der Waals surface area contributed by atoms with Crippen LogP contribution < -0.4 is 5.73 Å². The Morgan fingerprint density at radius 3 is 2.31 bits per heavy atom. The van der Waals surface area contributed by atoms with Crippen LogP contribution in [0.1, 0.15) is 25.7 Å². The molecule has 4 nitrogen and oxygen atoms in total. The fraction of sp³-hybridized carbons (Fsp3) is 0.889. The van der Waals surface area contributed by atoms with Gasteiger partial charge in [0.25, 0.3) is 0 Å². The zero-order valence-corrected chi connectivity index (χ0v) is 8.32. The molecular weight excluding hydrogens is 168 g/mol. The topological polar surface area (TPSA) is 55.6 Å². The van der Waals surface area contributed by atoms with E-state index in [4.69, 9.17) is 10.5 Å². The molecule has 13 heavy (non-hydrogen) atoms. The molecule has 0 bridgehead atoms. The van der Waals surface area contributed by atoms with Gasteiger partial charge in [-0.25, -0.2) is 4.79 Å². The first-order valence-corrected chi connectivity index (χ1v) is 4.70. The van der Waals surface area contributed by atoms with Gasteiger partial charge in [-0.15, -0.1) is 0 Å². The van der Waals surface area contributed by atoms with Crippen LogP contribution in [0.5, 0.6) is 0 Å². The third-order valence-corrected chi connectivity index (χ3v) is 2.87. The molecule has 0 heterocycles. The van der Waals surface area contributed by atoms with Crippen molar-refractivity contribution in [3.63, 3.8) is 0 Å². The molecule has 1 fully saturated rings. The van der Waals surface area contributed by atoms with Gasteiger partial charge in [0, 0.05) is 20.2 Å². The fourth-order valence-corrected chi connectivity index (χ4v) is 1.85. The van der Waals surface area contributed by atoms with Gasteiger partial charge < -0.3 is 15.4 Å². The highest BCUT2D eigenvalue weighted by Gasteiger charge is 2.25. The van der Waals surface area contributed by atoms with Crippen molar-refractivity contribution in [2.75, 3.05) is 14.2 Å². The largest absolute Gasteiger partial charge is 0.381 e. The van der Waals surface area contributed by atoms with E-state index < -0.39 is 0 Å². The first kappa shape index (κ1) is 10.3. The van der Waals surface area contributed by atoms with Gasteiger partial charge in [0.15, 0.2) is 0 Å². The molecule has 1 aliphatic rings. The van der Waals surface area contributed by atoms with Crippen molar-refractivity contribution in [1.29, 1.82) is 0 Å². The van der Waals surface area contributed by atoms with E-state index in [0.717, 1.165) is 25.7 Å². The summed E-state index contributed by atoms with van der Waals surface area (Å²) >= 11 is 0. The fourth-order valence-electron chi connectivity index (χ4n) is 1.85. The normalized spacial score (nSPS) is 28.5. The van der Waals surface area contributed by atoms with Crippen molar-refractivity contribution < 1.29 is 9.53 Å². The third kappa shape index (κ3) is 2.59. The highest BCUT2D eigenvalue weighted by atomic mass is 16.5. The lowest BCUT2D eigenvalue weighted by molar-refractivity contribution is 0.0503. The molecule has 0 aromatic carbocycles. The Bertz CT molecular complexity index is 176. The van der Waals surface area contributed by atoms with Gasteiger partial charge in [-0.3, -0.25) is 0 Å². The molecule has 0 aromatic heterocycles. The molecule has 1 rings (SSSR count).